The lowest BCUT2D eigenvalue weighted by molar-refractivity contribution is -0.149. The minimum Gasteiger partial charge on any atom is -0.466 e. The number of esters is 3. The molecule has 1 rings (SSSR count). The zero-order valence-corrected chi connectivity index (χ0v) is 40.5. The minimum atomic E-state index is 0.00768. The summed E-state index contributed by atoms with van der Waals surface area (Å²) in [5.41, 5.74) is 0. The van der Waals surface area contributed by atoms with Crippen LogP contribution in [0.25, 0.3) is 0 Å². The zero-order valence-electron chi connectivity index (χ0n) is 40.5. The molecule has 0 amide bonds. The van der Waals surface area contributed by atoms with Gasteiger partial charge in [-0.25, -0.2) is 0 Å². The summed E-state index contributed by atoms with van der Waals surface area (Å²) in [5.74, 6) is 1.05. The number of carbonyl (C=O) groups is 3. The Morgan fingerprint density at radius 3 is 1.12 bits per heavy atom. The largest absolute Gasteiger partial charge is 0.466 e. The van der Waals surface area contributed by atoms with Crippen LogP contribution < -0.4 is 0 Å². The summed E-state index contributed by atoms with van der Waals surface area (Å²) in [6.45, 7) is 14.1. The smallest absolute Gasteiger partial charge is 0.308 e. The van der Waals surface area contributed by atoms with Gasteiger partial charge in [0.2, 0.25) is 0 Å². The molecule has 354 valence electrons. The molecule has 0 radical (unpaired) electrons. The van der Waals surface area contributed by atoms with Crippen molar-refractivity contribution in [2.75, 3.05) is 39.5 Å². The highest BCUT2D eigenvalue weighted by atomic mass is 16.5. The molecule has 1 heterocycles. The molecule has 1 fully saturated rings. The third-order valence-electron chi connectivity index (χ3n) is 13.1. The van der Waals surface area contributed by atoms with Gasteiger partial charge in [0.05, 0.1) is 25.7 Å². The highest BCUT2D eigenvalue weighted by Gasteiger charge is 2.20. The standard InChI is InChI=1S/C53H101NO6/c1-5-9-23-34-48(35-24-10-6-2)46-51(55)58-43-31-21-17-13-15-19-27-38-50(53(57)60-45-33-42-54-40-29-30-41-54)39-28-20-16-14-18-22-32-44-59-52(56)47-49(36-25-11-7-3)37-26-12-8-4/h48-50H,5-47H2,1-4H3. The first-order valence-corrected chi connectivity index (χ1v) is 26.6. The van der Waals surface area contributed by atoms with E-state index in [2.05, 4.69) is 32.6 Å². The van der Waals surface area contributed by atoms with Gasteiger partial charge in [-0.3, -0.25) is 14.4 Å². The maximum Gasteiger partial charge on any atom is 0.308 e. The lowest BCUT2D eigenvalue weighted by atomic mass is 9.92. The van der Waals surface area contributed by atoms with E-state index in [9.17, 15) is 14.4 Å². The van der Waals surface area contributed by atoms with E-state index in [1.807, 2.05) is 0 Å². The van der Waals surface area contributed by atoms with E-state index >= 15 is 0 Å². The fraction of sp³-hybridized carbons (Fsp3) is 0.943. The average molecular weight is 848 g/mol. The van der Waals surface area contributed by atoms with Gasteiger partial charge in [-0.05, 0) is 95.6 Å². The van der Waals surface area contributed by atoms with Crippen LogP contribution in [0, 0.1) is 17.8 Å². The highest BCUT2D eigenvalue weighted by molar-refractivity contribution is 5.72. The van der Waals surface area contributed by atoms with E-state index in [1.54, 1.807) is 0 Å². The Balaban J connectivity index is 2.26. The number of likely N-dealkylation sites (tertiary alicyclic amines) is 1. The van der Waals surface area contributed by atoms with Gasteiger partial charge in [-0.2, -0.15) is 0 Å². The molecule has 1 saturated heterocycles. The van der Waals surface area contributed by atoms with Crippen molar-refractivity contribution in [3.8, 4) is 0 Å². The lowest BCUT2D eigenvalue weighted by Crippen LogP contribution is -2.23. The molecule has 0 aliphatic carbocycles. The van der Waals surface area contributed by atoms with Gasteiger partial charge in [-0.15, -0.1) is 0 Å². The second-order valence-electron chi connectivity index (χ2n) is 18.9. The van der Waals surface area contributed by atoms with Crippen LogP contribution >= 0.6 is 0 Å². The summed E-state index contributed by atoms with van der Waals surface area (Å²) in [6, 6.07) is 0. The molecule has 0 saturated carbocycles. The summed E-state index contributed by atoms with van der Waals surface area (Å²) in [6.07, 6.45) is 42.0. The van der Waals surface area contributed by atoms with Crippen LogP contribution in [0.5, 0.6) is 0 Å². The second kappa shape index (κ2) is 42.7. The first-order valence-electron chi connectivity index (χ1n) is 26.6. The van der Waals surface area contributed by atoms with Crippen molar-refractivity contribution < 1.29 is 28.6 Å². The van der Waals surface area contributed by atoms with Gasteiger partial charge in [0.15, 0.2) is 0 Å². The number of unbranched alkanes of at least 4 members (excludes halogenated alkanes) is 20. The van der Waals surface area contributed by atoms with Gasteiger partial charge in [-0.1, -0.05) is 182 Å². The van der Waals surface area contributed by atoms with E-state index in [1.165, 1.54) is 154 Å². The lowest BCUT2D eigenvalue weighted by Gasteiger charge is -2.18. The Hall–Kier alpha value is -1.63. The van der Waals surface area contributed by atoms with Crippen molar-refractivity contribution in [2.45, 2.75) is 265 Å². The Kier molecular flexibility index (Phi) is 40.1. The summed E-state index contributed by atoms with van der Waals surface area (Å²) < 4.78 is 17.2. The van der Waals surface area contributed by atoms with Crippen molar-refractivity contribution in [3.63, 3.8) is 0 Å². The van der Waals surface area contributed by atoms with Crippen LogP contribution in [-0.2, 0) is 28.6 Å². The molecule has 0 spiro atoms. The van der Waals surface area contributed by atoms with Crippen LogP contribution in [0.3, 0.4) is 0 Å². The predicted molar refractivity (Wildman–Crippen MR) is 253 cm³/mol. The Morgan fingerprint density at radius 1 is 0.400 bits per heavy atom. The highest BCUT2D eigenvalue weighted by Crippen LogP contribution is 2.24. The predicted octanol–water partition coefficient (Wildman–Crippen LogP) is 15.3. The summed E-state index contributed by atoms with van der Waals surface area (Å²) in [4.78, 5) is 40.8. The second-order valence-corrected chi connectivity index (χ2v) is 18.9. The Bertz CT molecular complexity index is 889. The molecule has 1 aliphatic rings. The zero-order chi connectivity index (χ0) is 43.6. The molecule has 0 atom stereocenters. The molecule has 7 heteroatoms. The van der Waals surface area contributed by atoms with E-state index in [0.717, 1.165) is 90.0 Å². The Morgan fingerprint density at radius 2 is 0.733 bits per heavy atom. The minimum absolute atomic E-state index is 0.00768. The van der Waals surface area contributed by atoms with Crippen molar-refractivity contribution in [1.29, 1.82) is 0 Å². The van der Waals surface area contributed by atoms with Crippen LogP contribution in [0.4, 0.5) is 0 Å². The molecule has 1 aliphatic heterocycles. The first-order chi connectivity index (χ1) is 29.4. The molecule has 0 N–H and O–H groups in total. The summed E-state index contributed by atoms with van der Waals surface area (Å²) in [5, 5.41) is 0. The number of carbonyl (C=O) groups excluding carboxylic acids is 3. The number of ether oxygens (including phenoxy) is 3. The van der Waals surface area contributed by atoms with E-state index in [4.69, 9.17) is 14.2 Å². The van der Waals surface area contributed by atoms with Crippen LogP contribution in [0.15, 0.2) is 0 Å². The van der Waals surface area contributed by atoms with E-state index in [-0.39, 0.29) is 23.8 Å². The van der Waals surface area contributed by atoms with Crippen molar-refractivity contribution >= 4 is 17.9 Å². The van der Waals surface area contributed by atoms with E-state index in [0.29, 0.717) is 44.5 Å². The summed E-state index contributed by atoms with van der Waals surface area (Å²) >= 11 is 0. The van der Waals surface area contributed by atoms with Crippen LogP contribution in [-0.4, -0.2) is 62.3 Å². The maximum atomic E-state index is 13.2. The number of hydrogen-bond acceptors (Lipinski definition) is 7. The molecule has 0 aromatic heterocycles. The van der Waals surface area contributed by atoms with Gasteiger partial charge >= 0.3 is 17.9 Å². The fourth-order valence-electron chi connectivity index (χ4n) is 9.11. The molecule has 0 bridgehead atoms. The molecular formula is C53H101NO6. The first kappa shape index (κ1) is 56.4. The third kappa shape index (κ3) is 34.9. The maximum absolute atomic E-state index is 13.2. The topological polar surface area (TPSA) is 82.1 Å². The Labute approximate surface area is 372 Å². The van der Waals surface area contributed by atoms with E-state index < -0.39 is 0 Å². The monoisotopic (exact) mass is 848 g/mol. The average Bonchev–Trinajstić information content (AvgIpc) is 3.76. The normalized spacial score (nSPS) is 13.2. The van der Waals surface area contributed by atoms with Crippen molar-refractivity contribution in [2.24, 2.45) is 17.8 Å². The molecule has 0 aromatic carbocycles. The SMILES string of the molecule is CCCCCC(CCCCC)CC(=O)OCCCCCCCCCC(CCCCCCCCCOC(=O)CC(CCCCC)CCCCC)C(=O)OCCCN1CCCC1. The number of rotatable bonds is 45. The quantitative estimate of drug-likeness (QED) is 0.0343. The molecular weight excluding hydrogens is 747 g/mol. The van der Waals surface area contributed by atoms with Gasteiger partial charge in [0, 0.05) is 19.4 Å². The van der Waals surface area contributed by atoms with Gasteiger partial charge in [0.1, 0.15) is 0 Å². The van der Waals surface area contributed by atoms with Gasteiger partial charge < -0.3 is 19.1 Å². The molecule has 0 aromatic rings. The fourth-order valence-corrected chi connectivity index (χ4v) is 9.11. The molecule has 0 unspecified atom stereocenters. The van der Waals surface area contributed by atoms with Gasteiger partial charge in [0.25, 0.3) is 0 Å². The van der Waals surface area contributed by atoms with Crippen molar-refractivity contribution in [1.82, 2.24) is 4.90 Å². The molecule has 7 nitrogen and oxygen atoms in total. The third-order valence-corrected chi connectivity index (χ3v) is 13.1. The molecule has 60 heavy (non-hydrogen) atoms. The van der Waals surface area contributed by atoms with Crippen LogP contribution in [0.2, 0.25) is 0 Å². The number of hydrogen-bond donors (Lipinski definition) is 0. The summed E-state index contributed by atoms with van der Waals surface area (Å²) in [7, 11) is 0. The number of nitrogens with zero attached hydrogens (tertiary/aromatic N) is 1. The van der Waals surface area contributed by atoms with Crippen molar-refractivity contribution in [3.05, 3.63) is 0 Å². The van der Waals surface area contributed by atoms with Crippen LogP contribution in [0.1, 0.15) is 265 Å².